The van der Waals surface area contributed by atoms with E-state index in [1.54, 1.807) is 10.4 Å². The van der Waals surface area contributed by atoms with Gasteiger partial charge in [0.25, 0.3) is 0 Å². The van der Waals surface area contributed by atoms with Crippen molar-refractivity contribution in [2.45, 2.75) is 50.7 Å². The van der Waals surface area contributed by atoms with Gasteiger partial charge in [0.1, 0.15) is 11.6 Å². The fraction of sp³-hybridized carbons (Fsp3) is 0.556. The lowest BCUT2D eigenvalue weighted by Crippen LogP contribution is -2.56. The van der Waals surface area contributed by atoms with Gasteiger partial charge in [-0.3, -0.25) is 5.21 Å². The summed E-state index contributed by atoms with van der Waals surface area (Å²) >= 11 is 0. The van der Waals surface area contributed by atoms with E-state index in [0.717, 1.165) is 25.0 Å². The lowest BCUT2D eigenvalue weighted by Gasteiger charge is -2.39. The number of alkyl halides is 3. The number of piperidine rings is 1. The van der Waals surface area contributed by atoms with Crippen molar-refractivity contribution in [2.24, 2.45) is 0 Å². The molecule has 1 saturated carbocycles. The standard InChI is InChI=1S/C18H22F4N4O4/c19-15-8-14(30-18(20,21)22)6-3-11(15)9-23-16(27)25-7-1-2-13(10-25)26(12-4-5-12)17(28)24-29/h3,6,8,12-13,29H,1-2,4-5,7,9-10H2,(H,23,27)(H,24,28)/t13-/m1/s1. The van der Waals surface area contributed by atoms with Gasteiger partial charge in [-0.2, -0.15) is 0 Å². The van der Waals surface area contributed by atoms with Gasteiger partial charge in [0.05, 0.1) is 6.04 Å². The normalized spacial score (nSPS) is 19.2. The molecule has 4 amide bonds. The molecule has 1 atom stereocenters. The molecule has 1 aliphatic carbocycles. The number of carbonyl (C=O) groups excluding carboxylic acids is 2. The van der Waals surface area contributed by atoms with Crippen LogP contribution in [0, 0.1) is 5.82 Å². The largest absolute Gasteiger partial charge is 0.573 e. The molecule has 2 fully saturated rings. The molecule has 1 aromatic rings. The average molecular weight is 434 g/mol. The van der Waals surface area contributed by atoms with Gasteiger partial charge in [-0.15, -0.1) is 13.2 Å². The highest BCUT2D eigenvalue weighted by molar-refractivity contribution is 5.76. The molecule has 1 aromatic carbocycles. The van der Waals surface area contributed by atoms with Crippen molar-refractivity contribution in [1.29, 1.82) is 0 Å². The smallest absolute Gasteiger partial charge is 0.406 e. The fourth-order valence-corrected chi connectivity index (χ4v) is 3.56. The Morgan fingerprint density at radius 1 is 1.23 bits per heavy atom. The van der Waals surface area contributed by atoms with Crippen LogP contribution in [0.15, 0.2) is 18.2 Å². The second-order valence-electron chi connectivity index (χ2n) is 7.26. The lowest BCUT2D eigenvalue weighted by molar-refractivity contribution is -0.274. The van der Waals surface area contributed by atoms with Crippen molar-refractivity contribution in [3.8, 4) is 5.75 Å². The summed E-state index contributed by atoms with van der Waals surface area (Å²) in [6.07, 6.45) is -1.91. The number of likely N-dealkylation sites (tertiary alicyclic amines) is 1. The molecule has 3 rings (SSSR count). The first-order valence-electron chi connectivity index (χ1n) is 9.47. The first kappa shape index (κ1) is 21.9. The van der Waals surface area contributed by atoms with Crippen LogP contribution in [0.5, 0.6) is 5.75 Å². The Balaban J connectivity index is 1.56. The van der Waals surface area contributed by atoms with Crippen LogP contribution >= 0.6 is 0 Å². The third kappa shape index (κ3) is 5.65. The summed E-state index contributed by atoms with van der Waals surface area (Å²) in [5, 5.41) is 11.5. The zero-order valence-electron chi connectivity index (χ0n) is 15.9. The van der Waals surface area contributed by atoms with E-state index in [-0.39, 0.29) is 30.7 Å². The van der Waals surface area contributed by atoms with Crippen LogP contribution in [0.25, 0.3) is 0 Å². The number of hydroxylamine groups is 1. The summed E-state index contributed by atoms with van der Waals surface area (Å²) in [5.74, 6) is -1.62. The molecular weight excluding hydrogens is 412 g/mol. The van der Waals surface area contributed by atoms with Gasteiger partial charge in [-0.05, 0) is 31.7 Å². The minimum absolute atomic E-state index is 0.00528. The Bertz CT molecular complexity index is 788. The van der Waals surface area contributed by atoms with Crippen LogP contribution in [0.4, 0.5) is 27.2 Å². The second-order valence-corrected chi connectivity index (χ2v) is 7.26. The SMILES string of the molecule is O=C(NCc1ccc(OC(F)(F)F)cc1F)N1CCC[C@@H](N(C(=O)NO)C2CC2)C1. The molecule has 8 nitrogen and oxygen atoms in total. The summed E-state index contributed by atoms with van der Waals surface area (Å²) < 4.78 is 54.3. The number of hydrogen-bond donors (Lipinski definition) is 3. The maximum absolute atomic E-state index is 14.0. The molecule has 0 radical (unpaired) electrons. The number of rotatable bonds is 5. The number of ether oxygens (including phenoxy) is 1. The van der Waals surface area contributed by atoms with E-state index in [1.807, 2.05) is 0 Å². The van der Waals surface area contributed by atoms with Crippen LogP contribution in [-0.4, -0.2) is 58.6 Å². The molecule has 1 heterocycles. The van der Waals surface area contributed by atoms with Crippen LogP contribution < -0.4 is 15.5 Å². The van der Waals surface area contributed by atoms with E-state index < -0.39 is 30.0 Å². The Hall–Kier alpha value is -2.76. The monoisotopic (exact) mass is 434 g/mol. The van der Waals surface area contributed by atoms with Crippen LogP contribution in [0.1, 0.15) is 31.2 Å². The predicted molar refractivity (Wildman–Crippen MR) is 95.1 cm³/mol. The third-order valence-electron chi connectivity index (χ3n) is 5.04. The van der Waals surface area contributed by atoms with E-state index >= 15 is 0 Å². The number of carbonyl (C=O) groups is 2. The summed E-state index contributed by atoms with van der Waals surface area (Å²) in [7, 11) is 0. The van der Waals surface area contributed by atoms with E-state index in [9.17, 15) is 27.2 Å². The average Bonchev–Trinajstić information content (AvgIpc) is 3.51. The Labute approximate surface area is 169 Å². The molecule has 3 N–H and O–H groups in total. The number of nitrogens with zero attached hydrogens (tertiary/aromatic N) is 2. The minimum atomic E-state index is -4.92. The summed E-state index contributed by atoms with van der Waals surface area (Å²) in [6, 6.07) is 1.39. The van der Waals surface area contributed by atoms with Gasteiger partial charge >= 0.3 is 18.4 Å². The molecule has 30 heavy (non-hydrogen) atoms. The van der Waals surface area contributed by atoms with Crippen molar-refractivity contribution < 1.29 is 37.1 Å². The molecule has 2 aliphatic rings. The molecule has 166 valence electrons. The van der Waals surface area contributed by atoms with Crippen molar-refractivity contribution in [3.05, 3.63) is 29.6 Å². The van der Waals surface area contributed by atoms with E-state index in [0.29, 0.717) is 25.5 Å². The zero-order valence-corrected chi connectivity index (χ0v) is 15.9. The number of halogens is 4. The highest BCUT2D eigenvalue weighted by Gasteiger charge is 2.39. The molecular formula is C18H22F4N4O4. The Morgan fingerprint density at radius 3 is 2.57 bits per heavy atom. The fourth-order valence-electron chi connectivity index (χ4n) is 3.56. The van der Waals surface area contributed by atoms with Crippen molar-refractivity contribution in [2.75, 3.05) is 13.1 Å². The molecule has 0 unspecified atom stereocenters. The van der Waals surface area contributed by atoms with Gasteiger partial charge in [-0.1, -0.05) is 6.07 Å². The van der Waals surface area contributed by atoms with Gasteiger partial charge in [0, 0.05) is 37.3 Å². The maximum atomic E-state index is 14.0. The van der Waals surface area contributed by atoms with E-state index in [2.05, 4.69) is 10.1 Å². The van der Waals surface area contributed by atoms with Gasteiger partial charge in [0.15, 0.2) is 0 Å². The number of urea groups is 2. The highest BCUT2D eigenvalue weighted by atomic mass is 19.4. The first-order chi connectivity index (χ1) is 14.2. The van der Waals surface area contributed by atoms with Gasteiger partial charge in [-0.25, -0.2) is 19.5 Å². The predicted octanol–water partition coefficient (Wildman–Crippen LogP) is 2.96. The third-order valence-corrected chi connectivity index (χ3v) is 5.04. The van der Waals surface area contributed by atoms with Crippen molar-refractivity contribution in [3.63, 3.8) is 0 Å². The number of amides is 4. The lowest BCUT2D eigenvalue weighted by atomic mass is 10.0. The molecule has 1 aliphatic heterocycles. The Morgan fingerprint density at radius 2 is 1.97 bits per heavy atom. The van der Waals surface area contributed by atoms with Gasteiger partial charge in [0.2, 0.25) is 0 Å². The summed E-state index contributed by atoms with van der Waals surface area (Å²) in [4.78, 5) is 27.5. The topological polar surface area (TPSA) is 94.1 Å². The summed E-state index contributed by atoms with van der Waals surface area (Å²) in [6.45, 7) is 0.487. The first-order valence-corrected chi connectivity index (χ1v) is 9.47. The molecule has 0 bridgehead atoms. The molecule has 0 aromatic heterocycles. The number of hydrogen-bond acceptors (Lipinski definition) is 4. The second kappa shape index (κ2) is 8.94. The van der Waals surface area contributed by atoms with E-state index in [1.165, 1.54) is 4.90 Å². The highest BCUT2D eigenvalue weighted by Crippen LogP contribution is 2.31. The van der Waals surface area contributed by atoms with Crippen LogP contribution in [0.2, 0.25) is 0 Å². The Kier molecular flexibility index (Phi) is 6.54. The van der Waals surface area contributed by atoms with Crippen molar-refractivity contribution in [1.82, 2.24) is 20.6 Å². The number of nitrogens with one attached hydrogen (secondary N) is 2. The van der Waals surface area contributed by atoms with Crippen LogP contribution in [-0.2, 0) is 6.54 Å². The number of benzene rings is 1. The van der Waals surface area contributed by atoms with Crippen LogP contribution in [0.3, 0.4) is 0 Å². The van der Waals surface area contributed by atoms with Gasteiger partial charge < -0.3 is 19.9 Å². The maximum Gasteiger partial charge on any atom is 0.573 e. The molecule has 12 heteroatoms. The van der Waals surface area contributed by atoms with E-state index in [4.69, 9.17) is 5.21 Å². The minimum Gasteiger partial charge on any atom is -0.406 e. The quantitative estimate of drug-likeness (QED) is 0.377. The summed E-state index contributed by atoms with van der Waals surface area (Å²) in [5.41, 5.74) is 1.65. The molecule has 1 saturated heterocycles. The zero-order chi connectivity index (χ0) is 21.9. The van der Waals surface area contributed by atoms with Crippen molar-refractivity contribution >= 4 is 12.1 Å². The molecule has 0 spiro atoms.